The van der Waals surface area contributed by atoms with Crippen LogP contribution in [0.2, 0.25) is 0 Å². The Kier molecular flexibility index (Phi) is 2.94. The molecule has 1 fully saturated rings. The van der Waals surface area contributed by atoms with Crippen LogP contribution in [0.3, 0.4) is 0 Å². The average Bonchev–Trinajstić information content (AvgIpc) is 2.62. The van der Waals surface area contributed by atoms with Crippen molar-refractivity contribution in [2.45, 2.75) is 25.7 Å². The molecule has 2 aromatic rings. The second-order valence-corrected chi connectivity index (χ2v) is 5.83. The van der Waals surface area contributed by atoms with E-state index in [1.807, 2.05) is 11.7 Å². The van der Waals surface area contributed by atoms with E-state index in [-0.39, 0.29) is 5.41 Å². The van der Waals surface area contributed by atoms with Crippen LogP contribution in [0.25, 0.3) is 0 Å². The molecule has 1 aliphatic rings. The van der Waals surface area contributed by atoms with Gasteiger partial charge >= 0.3 is 0 Å². The van der Waals surface area contributed by atoms with Crippen molar-refractivity contribution < 1.29 is 0 Å². The van der Waals surface area contributed by atoms with E-state index in [1.54, 1.807) is 0 Å². The lowest BCUT2D eigenvalue weighted by Gasteiger charge is -2.43. The lowest BCUT2D eigenvalue weighted by molar-refractivity contribution is 0.269. The molecule has 3 heteroatoms. The summed E-state index contributed by atoms with van der Waals surface area (Å²) in [7, 11) is 2.04. The first kappa shape index (κ1) is 12.4. The summed E-state index contributed by atoms with van der Waals surface area (Å²) in [4.78, 5) is 0. The molecule has 100 valence electrons. The van der Waals surface area contributed by atoms with Crippen LogP contribution in [0.1, 0.15) is 22.5 Å². The Balaban J connectivity index is 1.94. The average molecular weight is 255 g/mol. The van der Waals surface area contributed by atoms with Crippen LogP contribution in [0.5, 0.6) is 0 Å². The Morgan fingerprint density at radius 2 is 2.05 bits per heavy atom. The van der Waals surface area contributed by atoms with Crippen molar-refractivity contribution in [3.63, 3.8) is 0 Å². The van der Waals surface area contributed by atoms with Gasteiger partial charge in [-0.15, -0.1) is 0 Å². The maximum absolute atomic E-state index is 4.46. The van der Waals surface area contributed by atoms with Crippen LogP contribution < -0.4 is 5.32 Å². The fraction of sp³-hybridized carbons (Fsp3) is 0.438. The Morgan fingerprint density at radius 1 is 1.26 bits per heavy atom. The number of aryl methyl sites for hydroxylation is 3. The molecule has 0 aliphatic carbocycles. The molecule has 3 rings (SSSR count). The van der Waals surface area contributed by atoms with Gasteiger partial charge in [0.15, 0.2) is 0 Å². The molecule has 2 heterocycles. The van der Waals surface area contributed by atoms with Crippen molar-refractivity contribution in [1.29, 1.82) is 0 Å². The summed E-state index contributed by atoms with van der Waals surface area (Å²) in [5.41, 5.74) is 5.45. The number of aromatic nitrogens is 2. The Hall–Kier alpha value is -1.61. The van der Waals surface area contributed by atoms with Gasteiger partial charge in [0.25, 0.3) is 0 Å². The zero-order valence-electron chi connectivity index (χ0n) is 11.9. The highest BCUT2D eigenvalue weighted by Crippen LogP contribution is 2.33. The molecule has 0 radical (unpaired) electrons. The van der Waals surface area contributed by atoms with Crippen LogP contribution >= 0.6 is 0 Å². The minimum atomic E-state index is 0.242. The molecule has 0 spiro atoms. The fourth-order valence-corrected chi connectivity index (χ4v) is 3.01. The van der Waals surface area contributed by atoms with Crippen LogP contribution in [-0.2, 0) is 18.9 Å². The van der Waals surface area contributed by atoms with Crippen molar-refractivity contribution in [2.75, 3.05) is 13.1 Å². The van der Waals surface area contributed by atoms with Crippen LogP contribution in [0.4, 0.5) is 0 Å². The quantitative estimate of drug-likeness (QED) is 0.910. The molecule has 19 heavy (non-hydrogen) atoms. The summed E-state index contributed by atoms with van der Waals surface area (Å²) < 4.78 is 2.02. The number of benzene rings is 1. The smallest absolute Gasteiger partial charge is 0.0596 e. The highest BCUT2D eigenvalue weighted by molar-refractivity contribution is 5.35. The van der Waals surface area contributed by atoms with E-state index in [0.29, 0.717) is 0 Å². The van der Waals surface area contributed by atoms with Gasteiger partial charge in [0.2, 0.25) is 0 Å². The van der Waals surface area contributed by atoms with E-state index in [4.69, 9.17) is 0 Å². The molecule has 1 aromatic heterocycles. The summed E-state index contributed by atoms with van der Waals surface area (Å²) >= 11 is 0. The highest BCUT2D eigenvalue weighted by atomic mass is 15.3. The molecular formula is C16H21N3. The van der Waals surface area contributed by atoms with Crippen LogP contribution in [-0.4, -0.2) is 22.9 Å². The van der Waals surface area contributed by atoms with Gasteiger partial charge < -0.3 is 5.32 Å². The maximum Gasteiger partial charge on any atom is 0.0596 e. The Morgan fingerprint density at radius 3 is 2.58 bits per heavy atom. The van der Waals surface area contributed by atoms with Crippen molar-refractivity contribution >= 4 is 0 Å². The lowest BCUT2D eigenvalue weighted by Crippen LogP contribution is -2.58. The molecule has 0 saturated carbocycles. The maximum atomic E-state index is 4.46. The summed E-state index contributed by atoms with van der Waals surface area (Å²) in [5.74, 6) is 0. The molecule has 1 aliphatic heterocycles. The predicted octanol–water partition coefficient (Wildman–Crippen LogP) is 2.12. The lowest BCUT2D eigenvalue weighted by atomic mass is 9.71. The van der Waals surface area contributed by atoms with Gasteiger partial charge in [0.05, 0.1) is 5.69 Å². The minimum Gasteiger partial charge on any atom is -0.315 e. The summed E-state index contributed by atoms with van der Waals surface area (Å²) in [6.45, 7) is 6.33. The van der Waals surface area contributed by atoms with E-state index in [1.165, 1.54) is 16.8 Å². The first-order valence-corrected chi connectivity index (χ1v) is 6.86. The fourth-order valence-electron chi connectivity index (χ4n) is 3.01. The standard InChI is InChI=1S/C16H21N3/c1-12-5-4-6-14(7-12)16(10-17-11-16)9-15-8-13(2)18-19(15)3/h4-8,17H,9-11H2,1-3H3. The second-order valence-electron chi connectivity index (χ2n) is 5.83. The van der Waals surface area contributed by atoms with E-state index >= 15 is 0 Å². The molecule has 0 bridgehead atoms. The van der Waals surface area contributed by atoms with E-state index in [0.717, 1.165) is 25.2 Å². The molecular weight excluding hydrogens is 234 g/mol. The molecule has 3 nitrogen and oxygen atoms in total. The number of hydrogen-bond acceptors (Lipinski definition) is 2. The van der Waals surface area contributed by atoms with Gasteiger partial charge in [-0.05, 0) is 25.5 Å². The first-order valence-electron chi connectivity index (χ1n) is 6.86. The van der Waals surface area contributed by atoms with Gasteiger partial charge in [-0.1, -0.05) is 29.8 Å². The van der Waals surface area contributed by atoms with E-state index in [2.05, 4.69) is 54.6 Å². The number of nitrogens with zero attached hydrogens (tertiary/aromatic N) is 2. The van der Waals surface area contributed by atoms with Crippen LogP contribution in [0.15, 0.2) is 30.3 Å². The molecule has 0 unspecified atom stereocenters. The largest absolute Gasteiger partial charge is 0.315 e. The minimum absolute atomic E-state index is 0.242. The second kappa shape index (κ2) is 4.49. The number of nitrogens with one attached hydrogen (secondary N) is 1. The van der Waals surface area contributed by atoms with Crippen LogP contribution in [0, 0.1) is 13.8 Å². The number of rotatable bonds is 3. The van der Waals surface area contributed by atoms with Crippen molar-refractivity contribution in [1.82, 2.24) is 15.1 Å². The van der Waals surface area contributed by atoms with Gasteiger partial charge in [-0.3, -0.25) is 4.68 Å². The molecule has 1 saturated heterocycles. The van der Waals surface area contributed by atoms with Gasteiger partial charge in [-0.2, -0.15) is 5.10 Å². The van der Waals surface area contributed by atoms with Gasteiger partial charge in [-0.25, -0.2) is 0 Å². The zero-order valence-corrected chi connectivity index (χ0v) is 11.9. The third kappa shape index (κ3) is 2.19. The topological polar surface area (TPSA) is 29.9 Å². The Labute approximate surface area is 114 Å². The molecule has 1 N–H and O–H groups in total. The van der Waals surface area contributed by atoms with Gasteiger partial charge in [0, 0.05) is 37.7 Å². The Bertz CT molecular complexity index is 594. The van der Waals surface area contributed by atoms with Gasteiger partial charge in [0.1, 0.15) is 0 Å². The monoisotopic (exact) mass is 255 g/mol. The summed E-state index contributed by atoms with van der Waals surface area (Å²) in [6.07, 6.45) is 1.06. The van der Waals surface area contributed by atoms with E-state index in [9.17, 15) is 0 Å². The van der Waals surface area contributed by atoms with E-state index < -0.39 is 0 Å². The summed E-state index contributed by atoms with van der Waals surface area (Å²) in [5, 5.41) is 7.90. The molecule has 1 aromatic carbocycles. The zero-order chi connectivity index (χ0) is 13.5. The normalized spacial score (nSPS) is 17.2. The highest BCUT2D eigenvalue weighted by Gasteiger charge is 2.39. The number of hydrogen-bond donors (Lipinski definition) is 1. The molecule has 0 amide bonds. The molecule has 0 atom stereocenters. The predicted molar refractivity (Wildman–Crippen MR) is 77.4 cm³/mol. The third-order valence-electron chi connectivity index (χ3n) is 4.18. The summed E-state index contributed by atoms with van der Waals surface area (Å²) in [6, 6.07) is 11.1. The van der Waals surface area contributed by atoms with Crippen molar-refractivity contribution in [3.8, 4) is 0 Å². The first-order chi connectivity index (χ1) is 9.09. The SMILES string of the molecule is Cc1cccc(C2(Cc3cc(C)nn3C)CNC2)c1. The third-order valence-corrected chi connectivity index (χ3v) is 4.18. The van der Waals surface area contributed by atoms with Crippen molar-refractivity contribution in [3.05, 3.63) is 52.8 Å². The van der Waals surface area contributed by atoms with Crippen molar-refractivity contribution in [2.24, 2.45) is 7.05 Å².